The minimum absolute atomic E-state index is 0.134. The van der Waals surface area contributed by atoms with Gasteiger partial charge in [0.05, 0.1) is 11.6 Å². The van der Waals surface area contributed by atoms with Gasteiger partial charge in [-0.1, -0.05) is 23.7 Å². The van der Waals surface area contributed by atoms with E-state index in [4.69, 9.17) is 17.3 Å². The Morgan fingerprint density at radius 1 is 1.20 bits per heavy atom. The highest BCUT2D eigenvalue weighted by Crippen LogP contribution is 2.23. The number of aromatic nitrogens is 2. The van der Waals surface area contributed by atoms with Gasteiger partial charge in [0.1, 0.15) is 0 Å². The number of nitrogens with zero attached hydrogens (tertiary/aromatic N) is 2. The molecule has 0 aliphatic carbocycles. The van der Waals surface area contributed by atoms with Gasteiger partial charge < -0.3 is 20.9 Å². The zero-order valence-electron chi connectivity index (χ0n) is 16.4. The minimum atomic E-state index is -0.172. The number of pyridine rings is 1. The number of carbonyl (C=O) groups excluding carboxylic acids is 1. The first kappa shape index (κ1) is 18.9. The molecule has 0 spiro atoms. The van der Waals surface area contributed by atoms with Gasteiger partial charge in [0, 0.05) is 58.5 Å². The van der Waals surface area contributed by atoms with Crippen LogP contribution in [0.1, 0.15) is 17.7 Å². The first-order chi connectivity index (χ1) is 14.6. The molecule has 0 saturated carbocycles. The smallest absolute Gasteiger partial charge is 0.240 e. The molecule has 2 aromatic heterocycles. The number of hydrogen-bond donors (Lipinski definition) is 3. The summed E-state index contributed by atoms with van der Waals surface area (Å²) in [6.07, 6.45) is 2.50. The molecule has 1 fully saturated rings. The molecule has 0 bridgehead atoms. The number of halogens is 1. The first-order valence-electron chi connectivity index (χ1n) is 9.99. The van der Waals surface area contributed by atoms with Crippen molar-refractivity contribution in [2.45, 2.75) is 25.6 Å². The van der Waals surface area contributed by atoms with Crippen LogP contribution in [0.3, 0.4) is 0 Å². The van der Waals surface area contributed by atoms with E-state index < -0.39 is 0 Å². The van der Waals surface area contributed by atoms with E-state index in [1.165, 1.54) is 0 Å². The topological polar surface area (TPSA) is 87.0 Å². The molecule has 1 atom stereocenters. The van der Waals surface area contributed by atoms with Gasteiger partial charge in [-0.25, -0.2) is 0 Å². The van der Waals surface area contributed by atoms with E-state index in [1.807, 2.05) is 41.3 Å². The molecule has 1 amide bonds. The Bertz CT molecular complexity index is 1250. The third-order valence-electron chi connectivity index (χ3n) is 5.69. The number of hydrogen-bond acceptors (Lipinski definition) is 4. The Hall–Kier alpha value is -3.09. The number of nitrogens with two attached hydrogens (primary N) is 1. The van der Waals surface area contributed by atoms with Gasteiger partial charge in [0.25, 0.3) is 0 Å². The van der Waals surface area contributed by atoms with E-state index in [0.29, 0.717) is 23.8 Å². The Morgan fingerprint density at radius 2 is 2.10 bits per heavy atom. The van der Waals surface area contributed by atoms with E-state index in [0.717, 1.165) is 46.0 Å². The van der Waals surface area contributed by atoms with Gasteiger partial charge in [-0.15, -0.1) is 0 Å². The van der Waals surface area contributed by atoms with Crippen LogP contribution in [0.25, 0.3) is 21.8 Å². The lowest BCUT2D eigenvalue weighted by atomic mass is 10.1. The fourth-order valence-corrected chi connectivity index (χ4v) is 4.29. The van der Waals surface area contributed by atoms with Gasteiger partial charge >= 0.3 is 0 Å². The molecular formula is C23H22ClN5O. The second kappa shape index (κ2) is 7.63. The van der Waals surface area contributed by atoms with Crippen molar-refractivity contribution in [1.82, 2.24) is 20.2 Å². The van der Waals surface area contributed by atoms with Crippen LogP contribution < -0.4 is 11.1 Å². The third-order valence-corrected chi connectivity index (χ3v) is 5.92. The number of H-pyrrole nitrogens is 1. The Morgan fingerprint density at radius 3 is 3.00 bits per heavy atom. The summed E-state index contributed by atoms with van der Waals surface area (Å²) in [6.45, 7) is 1.92. The summed E-state index contributed by atoms with van der Waals surface area (Å²) in [5.74, 6) is 0.134. The molecule has 30 heavy (non-hydrogen) atoms. The lowest BCUT2D eigenvalue weighted by molar-refractivity contribution is -0.129. The SMILES string of the molecule is Nc1ccnc2cc(CN3CC[C@@H](NCc4cc5cc(Cl)ccc5[nH]4)C3=O)ccc12. The number of likely N-dealkylation sites (tertiary alicyclic amines) is 1. The number of aromatic amines is 1. The molecule has 4 N–H and O–H groups in total. The summed E-state index contributed by atoms with van der Waals surface area (Å²) in [5, 5.41) is 6.12. The Labute approximate surface area is 179 Å². The van der Waals surface area contributed by atoms with Crippen LogP contribution in [0.15, 0.2) is 54.7 Å². The summed E-state index contributed by atoms with van der Waals surface area (Å²) >= 11 is 6.06. The molecule has 152 valence electrons. The van der Waals surface area contributed by atoms with Crippen molar-refractivity contribution >= 4 is 45.0 Å². The number of amides is 1. The minimum Gasteiger partial charge on any atom is -0.398 e. The van der Waals surface area contributed by atoms with Gasteiger partial charge in [-0.05, 0) is 48.4 Å². The van der Waals surface area contributed by atoms with Crippen molar-refractivity contribution in [1.29, 1.82) is 0 Å². The molecule has 0 unspecified atom stereocenters. The molecule has 0 radical (unpaired) electrons. The maximum atomic E-state index is 12.9. The molecule has 2 aromatic carbocycles. The van der Waals surface area contributed by atoms with Crippen molar-refractivity contribution in [3.8, 4) is 0 Å². The molecule has 1 saturated heterocycles. The number of rotatable bonds is 5. The number of carbonyl (C=O) groups is 1. The molecule has 4 aromatic rings. The lowest BCUT2D eigenvalue weighted by Crippen LogP contribution is -2.37. The fraction of sp³-hybridized carbons (Fsp3) is 0.217. The average molecular weight is 420 g/mol. The van der Waals surface area contributed by atoms with Gasteiger partial charge in [-0.3, -0.25) is 9.78 Å². The maximum absolute atomic E-state index is 12.9. The predicted octanol–water partition coefficient (Wildman–Crippen LogP) is 3.84. The zero-order valence-corrected chi connectivity index (χ0v) is 17.1. The third kappa shape index (κ3) is 3.60. The van der Waals surface area contributed by atoms with Crippen LogP contribution in [0.2, 0.25) is 5.02 Å². The predicted molar refractivity (Wildman–Crippen MR) is 120 cm³/mol. The summed E-state index contributed by atoms with van der Waals surface area (Å²) in [7, 11) is 0. The monoisotopic (exact) mass is 419 g/mol. The number of nitrogen functional groups attached to an aromatic ring is 1. The molecule has 3 heterocycles. The van der Waals surface area contributed by atoms with Crippen LogP contribution in [0, 0.1) is 0 Å². The van der Waals surface area contributed by atoms with Crippen LogP contribution in [0.4, 0.5) is 5.69 Å². The van der Waals surface area contributed by atoms with E-state index in [-0.39, 0.29) is 11.9 Å². The van der Waals surface area contributed by atoms with Crippen molar-refractivity contribution in [2.24, 2.45) is 0 Å². The largest absolute Gasteiger partial charge is 0.398 e. The fourth-order valence-electron chi connectivity index (χ4n) is 4.11. The molecule has 5 rings (SSSR count). The van der Waals surface area contributed by atoms with Crippen LogP contribution in [0.5, 0.6) is 0 Å². The normalized spacial score (nSPS) is 16.8. The van der Waals surface area contributed by atoms with Crippen LogP contribution >= 0.6 is 11.6 Å². The molecular weight excluding hydrogens is 398 g/mol. The van der Waals surface area contributed by atoms with E-state index in [2.05, 4.69) is 21.4 Å². The highest BCUT2D eigenvalue weighted by Gasteiger charge is 2.31. The van der Waals surface area contributed by atoms with E-state index in [1.54, 1.807) is 12.3 Å². The Kier molecular flexibility index (Phi) is 4.81. The standard InChI is InChI=1S/C23H22ClN5O/c24-16-2-4-20-15(10-16)11-17(28-20)12-27-21-6-8-29(23(21)30)13-14-1-3-18-19(25)5-7-26-22(18)9-14/h1-5,7,9-11,21,27-28H,6,8,12-13H2,(H2,25,26)/t21-/m1/s1. The highest BCUT2D eigenvalue weighted by atomic mass is 35.5. The lowest BCUT2D eigenvalue weighted by Gasteiger charge is -2.17. The van der Waals surface area contributed by atoms with Crippen molar-refractivity contribution in [3.05, 3.63) is 71.0 Å². The number of benzene rings is 2. The van der Waals surface area contributed by atoms with E-state index in [9.17, 15) is 4.79 Å². The van der Waals surface area contributed by atoms with E-state index >= 15 is 0 Å². The summed E-state index contributed by atoms with van der Waals surface area (Å²) < 4.78 is 0. The average Bonchev–Trinajstić information content (AvgIpc) is 3.29. The quantitative estimate of drug-likeness (QED) is 0.458. The van der Waals surface area contributed by atoms with Gasteiger partial charge in [0.15, 0.2) is 0 Å². The number of fused-ring (bicyclic) bond motifs is 2. The van der Waals surface area contributed by atoms with Crippen molar-refractivity contribution < 1.29 is 4.79 Å². The molecule has 1 aliphatic rings. The Balaban J connectivity index is 1.23. The van der Waals surface area contributed by atoms with Crippen molar-refractivity contribution in [3.63, 3.8) is 0 Å². The maximum Gasteiger partial charge on any atom is 0.240 e. The van der Waals surface area contributed by atoms with Crippen LogP contribution in [-0.4, -0.2) is 33.4 Å². The molecule has 1 aliphatic heterocycles. The zero-order chi connectivity index (χ0) is 20.7. The second-order valence-electron chi connectivity index (χ2n) is 7.76. The second-order valence-corrected chi connectivity index (χ2v) is 8.20. The van der Waals surface area contributed by atoms with Crippen LogP contribution in [-0.2, 0) is 17.9 Å². The number of anilines is 1. The molecule has 6 nitrogen and oxygen atoms in total. The molecule has 7 heteroatoms. The van der Waals surface area contributed by atoms with Gasteiger partial charge in [0.2, 0.25) is 5.91 Å². The summed E-state index contributed by atoms with van der Waals surface area (Å²) in [6, 6.07) is 15.5. The highest BCUT2D eigenvalue weighted by molar-refractivity contribution is 6.31. The number of nitrogens with one attached hydrogen (secondary N) is 2. The summed E-state index contributed by atoms with van der Waals surface area (Å²) in [4.78, 5) is 22.5. The summed E-state index contributed by atoms with van der Waals surface area (Å²) in [5.41, 5.74) is 10.7. The van der Waals surface area contributed by atoms with Gasteiger partial charge in [-0.2, -0.15) is 0 Å². The first-order valence-corrected chi connectivity index (χ1v) is 10.4. The van der Waals surface area contributed by atoms with Crippen molar-refractivity contribution in [2.75, 3.05) is 12.3 Å².